The Hall–Kier alpha value is -1.57. The molecule has 0 spiro atoms. The minimum absolute atomic E-state index is 0.119. The van der Waals surface area contributed by atoms with Crippen molar-refractivity contribution in [1.29, 1.82) is 0 Å². The van der Waals surface area contributed by atoms with Gasteiger partial charge in [0.1, 0.15) is 12.6 Å². The van der Waals surface area contributed by atoms with Gasteiger partial charge in [-0.1, -0.05) is 25.4 Å². The maximum absolute atomic E-state index is 12.1. The standard InChI is InChI=1S/C11H14ClF3N4O/c1-6(2)9(10(20)16-5-11(13,14)15)18-7-3-8(12)19-17-4-7/h3-4,6,9H,5H2,1-2H3,(H,16,20)(H,18,19)/t9-/m1/s1. The van der Waals surface area contributed by atoms with E-state index in [2.05, 4.69) is 15.5 Å². The lowest BCUT2D eigenvalue weighted by Crippen LogP contribution is -2.46. The highest BCUT2D eigenvalue weighted by molar-refractivity contribution is 6.29. The van der Waals surface area contributed by atoms with Crippen molar-refractivity contribution in [3.63, 3.8) is 0 Å². The first kappa shape index (κ1) is 16.5. The molecule has 1 rings (SSSR count). The summed E-state index contributed by atoms with van der Waals surface area (Å²) in [7, 11) is 0. The van der Waals surface area contributed by atoms with Gasteiger partial charge < -0.3 is 10.6 Å². The highest BCUT2D eigenvalue weighted by atomic mass is 35.5. The molecule has 0 fully saturated rings. The normalized spacial score (nSPS) is 13.2. The van der Waals surface area contributed by atoms with Crippen LogP contribution in [0.4, 0.5) is 18.9 Å². The van der Waals surface area contributed by atoms with E-state index >= 15 is 0 Å². The van der Waals surface area contributed by atoms with Crippen molar-refractivity contribution in [1.82, 2.24) is 15.5 Å². The molecule has 0 aliphatic rings. The molecule has 0 unspecified atom stereocenters. The van der Waals surface area contributed by atoms with Gasteiger partial charge in [-0.3, -0.25) is 4.79 Å². The van der Waals surface area contributed by atoms with Crippen LogP contribution in [0.3, 0.4) is 0 Å². The van der Waals surface area contributed by atoms with E-state index in [1.165, 1.54) is 12.3 Å². The molecule has 5 nitrogen and oxygen atoms in total. The Morgan fingerprint density at radius 2 is 2.10 bits per heavy atom. The zero-order valence-corrected chi connectivity index (χ0v) is 11.6. The quantitative estimate of drug-likeness (QED) is 0.875. The number of hydrogen-bond donors (Lipinski definition) is 2. The predicted molar refractivity (Wildman–Crippen MR) is 68.4 cm³/mol. The summed E-state index contributed by atoms with van der Waals surface area (Å²) >= 11 is 5.65. The molecule has 112 valence electrons. The smallest absolute Gasteiger partial charge is 0.372 e. The van der Waals surface area contributed by atoms with Crippen molar-refractivity contribution in [2.45, 2.75) is 26.1 Å². The highest BCUT2D eigenvalue weighted by Crippen LogP contribution is 2.16. The third kappa shape index (κ3) is 5.60. The molecule has 0 aromatic carbocycles. The van der Waals surface area contributed by atoms with Gasteiger partial charge in [-0.2, -0.15) is 18.3 Å². The molecule has 1 heterocycles. The highest BCUT2D eigenvalue weighted by Gasteiger charge is 2.30. The van der Waals surface area contributed by atoms with Crippen LogP contribution in [0, 0.1) is 5.92 Å². The molecule has 0 aliphatic heterocycles. The second-order valence-corrected chi connectivity index (χ2v) is 4.85. The van der Waals surface area contributed by atoms with Gasteiger partial charge in [-0.05, 0) is 5.92 Å². The van der Waals surface area contributed by atoms with Crippen LogP contribution in [0.5, 0.6) is 0 Å². The number of aromatic nitrogens is 2. The number of alkyl halides is 3. The number of hydrogen-bond acceptors (Lipinski definition) is 4. The maximum atomic E-state index is 12.1. The first-order chi connectivity index (χ1) is 9.19. The summed E-state index contributed by atoms with van der Waals surface area (Å²) in [5.74, 6) is -0.972. The van der Waals surface area contributed by atoms with Crippen LogP contribution in [-0.2, 0) is 4.79 Å². The number of carbonyl (C=O) groups excluding carboxylic acids is 1. The summed E-state index contributed by atoms with van der Waals surface area (Å²) in [5, 5.41) is 11.9. The molecule has 1 atom stereocenters. The van der Waals surface area contributed by atoms with Crippen LogP contribution in [0.25, 0.3) is 0 Å². The van der Waals surface area contributed by atoms with Crippen molar-refractivity contribution in [2.75, 3.05) is 11.9 Å². The monoisotopic (exact) mass is 310 g/mol. The van der Waals surface area contributed by atoms with Crippen molar-refractivity contribution in [3.8, 4) is 0 Å². The molecular formula is C11H14ClF3N4O. The molecule has 1 aromatic rings. The number of nitrogens with one attached hydrogen (secondary N) is 2. The average Bonchev–Trinajstić information content (AvgIpc) is 2.32. The molecule has 20 heavy (non-hydrogen) atoms. The fraction of sp³-hybridized carbons (Fsp3) is 0.545. The minimum atomic E-state index is -4.45. The van der Waals surface area contributed by atoms with Gasteiger partial charge in [0.25, 0.3) is 0 Å². The summed E-state index contributed by atoms with van der Waals surface area (Å²) in [5.41, 5.74) is 0.408. The van der Waals surface area contributed by atoms with E-state index in [1.807, 2.05) is 5.32 Å². The van der Waals surface area contributed by atoms with Crippen LogP contribution in [0.1, 0.15) is 13.8 Å². The summed E-state index contributed by atoms with van der Waals surface area (Å²) < 4.78 is 36.3. The number of halogens is 4. The van der Waals surface area contributed by atoms with Crippen molar-refractivity contribution in [2.24, 2.45) is 5.92 Å². The lowest BCUT2D eigenvalue weighted by molar-refractivity contribution is -0.139. The molecule has 1 aromatic heterocycles. The second kappa shape index (κ2) is 6.74. The van der Waals surface area contributed by atoms with E-state index in [9.17, 15) is 18.0 Å². The van der Waals surface area contributed by atoms with Gasteiger partial charge in [0.15, 0.2) is 5.15 Å². The number of nitrogens with zero attached hydrogens (tertiary/aromatic N) is 2. The van der Waals surface area contributed by atoms with Crippen LogP contribution >= 0.6 is 11.6 Å². The number of carbonyl (C=O) groups is 1. The summed E-state index contributed by atoms with van der Waals surface area (Å²) in [6.07, 6.45) is -3.11. The SMILES string of the molecule is CC(C)[C@@H](Nc1cnnc(Cl)c1)C(=O)NCC(F)(F)F. The molecule has 2 N–H and O–H groups in total. The van der Waals surface area contributed by atoms with Crippen LogP contribution in [0.2, 0.25) is 5.15 Å². The van der Waals surface area contributed by atoms with E-state index in [1.54, 1.807) is 13.8 Å². The fourth-order valence-electron chi connectivity index (χ4n) is 1.43. The first-order valence-corrected chi connectivity index (χ1v) is 6.16. The Labute approximate surface area is 118 Å². The zero-order valence-electron chi connectivity index (χ0n) is 10.8. The lowest BCUT2D eigenvalue weighted by Gasteiger charge is -2.22. The third-order valence-electron chi connectivity index (χ3n) is 2.36. The summed E-state index contributed by atoms with van der Waals surface area (Å²) in [6, 6.07) is 0.596. The van der Waals surface area contributed by atoms with Crippen molar-refractivity contribution in [3.05, 3.63) is 17.4 Å². The second-order valence-electron chi connectivity index (χ2n) is 4.47. The molecular weight excluding hydrogens is 297 g/mol. The molecule has 0 aliphatic carbocycles. The third-order valence-corrected chi connectivity index (χ3v) is 2.54. The van der Waals surface area contributed by atoms with E-state index < -0.39 is 24.7 Å². The van der Waals surface area contributed by atoms with Gasteiger partial charge in [0.2, 0.25) is 5.91 Å². The first-order valence-electron chi connectivity index (χ1n) is 5.78. The Morgan fingerprint density at radius 3 is 2.60 bits per heavy atom. The lowest BCUT2D eigenvalue weighted by atomic mass is 10.0. The molecule has 0 saturated heterocycles. The zero-order chi connectivity index (χ0) is 15.3. The summed E-state index contributed by atoms with van der Waals surface area (Å²) in [4.78, 5) is 11.8. The number of amides is 1. The van der Waals surface area contributed by atoms with Gasteiger partial charge in [0, 0.05) is 6.07 Å². The Bertz CT molecular complexity index is 467. The topological polar surface area (TPSA) is 66.9 Å². The fourth-order valence-corrected chi connectivity index (χ4v) is 1.59. The van der Waals surface area contributed by atoms with Gasteiger partial charge >= 0.3 is 6.18 Å². The van der Waals surface area contributed by atoms with E-state index in [0.717, 1.165) is 0 Å². The Balaban J connectivity index is 2.72. The van der Waals surface area contributed by atoms with E-state index in [4.69, 9.17) is 11.6 Å². The maximum Gasteiger partial charge on any atom is 0.405 e. The van der Waals surface area contributed by atoms with Crippen molar-refractivity contribution >= 4 is 23.2 Å². The van der Waals surface area contributed by atoms with Crippen LogP contribution in [0.15, 0.2) is 12.3 Å². The van der Waals surface area contributed by atoms with E-state index in [0.29, 0.717) is 5.69 Å². The minimum Gasteiger partial charge on any atom is -0.372 e. The van der Waals surface area contributed by atoms with Crippen molar-refractivity contribution < 1.29 is 18.0 Å². The molecule has 0 radical (unpaired) electrons. The largest absolute Gasteiger partial charge is 0.405 e. The van der Waals surface area contributed by atoms with Gasteiger partial charge in [0.05, 0.1) is 11.9 Å². The van der Waals surface area contributed by atoms with Crippen LogP contribution < -0.4 is 10.6 Å². The number of rotatable bonds is 5. The van der Waals surface area contributed by atoms with E-state index in [-0.39, 0.29) is 11.1 Å². The van der Waals surface area contributed by atoms with Crippen LogP contribution in [-0.4, -0.2) is 34.9 Å². The van der Waals surface area contributed by atoms with Gasteiger partial charge in [-0.15, -0.1) is 5.10 Å². The molecule has 0 bridgehead atoms. The average molecular weight is 311 g/mol. The number of anilines is 1. The van der Waals surface area contributed by atoms with Gasteiger partial charge in [-0.25, -0.2) is 0 Å². The predicted octanol–water partition coefficient (Wildman–Crippen LogP) is 2.25. The molecule has 1 amide bonds. The molecule has 0 saturated carbocycles. The molecule has 9 heteroatoms. The Morgan fingerprint density at radius 1 is 1.45 bits per heavy atom. The Kier molecular flexibility index (Phi) is 5.55. The summed E-state index contributed by atoms with van der Waals surface area (Å²) in [6.45, 7) is 2.05.